The van der Waals surface area contributed by atoms with Crippen molar-refractivity contribution in [3.8, 4) is 0 Å². The molecule has 1 heterocycles. The first-order chi connectivity index (χ1) is 7.70. The van der Waals surface area contributed by atoms with Gasteiger partial charge in [-0.15, -0.1) is 11.6 Å². The summed E-state index contributed by atoms with van der Waals surface area (Å²) in [6.07, 6.45) is 0.696. The van der Waals surface area contributed by atoms with Gasteiger partial charge in [-0.05, 0) is 12.1 Å². The first-order valence-electron chi connectivity index (χ1n) is 5.34. The highest BCUT2D eigenvalue weighted by molar-refractivity contribution is 6.30. The molecule has 1 aromatic carbocycles. The van der Waals surface area contributed by atoms with Crippen LogP contribution in [0, 0.1) is 0 Å². The highest BCUT2D eigenvalue weighted by Gasteiger charge is 2.41. The molecule has 88 valence electrons. The lowest BCUT2D eigenvalue weighted by Crippen LogP contribution is -2.27. The van der Waals surface area contributed by atoms with Gasteiger partial charge in [0.15, 0.2) is 5.79 Å². The number of hydrogen-bond donors (Lipinski definition) is 0. The highest BCUT2D eigenvalue weighted by Crippen LogP contribution is 2.38. The smallest absolute Gasteiger partial charge is 0.195 e. The Morgan fingerprint density at radius 2 is 2.31 bits per heavy atom. The molecule has 0 spiro atoms. The third-order valence-electron chi connectivity index (χ3n) is 2.76. The van der Waals surface area contributed by atoms with Crippen molar-refractivity contribution in [3.05, 3.63) is 34.9 Å². The fraction of sp³-hybridized carbons (Fsp3) is 0.500. The van der Waals surface area contributed by atoms with E-state index in [1.54, 1.807) is 0 Å². The molecule has 0 aromatic heterocycles. The zero-order chi connectivity index (χ0) is 11.6. The van der Waals surface area contributed by atoms with Gasteiger partial charge in [0.25, 0.3) is 0 Å². The molecule has 16 heavy (non-hydrogen) atoms. The van der Waals surface area contributed by atoms with Crippen molar-refractivity contribution < 1.29 is 9.47 Å². The largest absolute Gasteiger partial charge is 0.343 e. The van der Waals surface area contributed by atoms with Crippen LogP contribution < -0.4 is 0 Å². The maximum atomic E-state index is 5.98. The minimum atomic E-state index is -0.676. The van der Waals surface area contributed by atoms with Crippen molar-refractivity contribution in [3.63, 3.8) is 0 Å². The molecule has 0 radical (unpaired) electrons. The van der Waals surface area contributed by atoms with Gasteiger partial charge in [0.1, 0.15) is 0 Å². The molecule has 2 unspecified atom stereocenters. The van der Waals surface area contributed by atoms with Gasteiger partial charge in [0.2, 0.25) is 0 Å². The topological polar surface area (TPSA) is 18.5 Å². The third kappa shape index (κ3) is 2.21. The lowest BCUT2D eigenvalue weighted by molar-refractivity contribution is -0.176. The molecular formula is C12H14Cl2O2. The predicted octanol–water partition coefficient (Wildman–Crippen LogP) is 3.56. The predicted molar refractivity (Wildman–Crippen MR) is 65.0 cm³/mol. The van der Waals surface area contributed by atoms with Crippen LogP contribution >= 0.6 is 23.2 Å². The summed E-state index contributed by atoms with van der Waals surface area (Å²) in [7, 11) is 0. The van der Waals surface area contributed by atoms with Crippen LogP contribution in [0.2, 0.25) is 5.02 Å². The van der Waals surface area contributed by atoms with E-state index in [0.29, 0.717) is 17.5 Å². The lowest BCUT2D eigenvalue weighted by Gasteiger charge is -2.27. The number of rotatable bonds is 3. The Hall–Kier alpha value is -0.280. The van der Waals surface area contributed by atoms with E-state index in [0.717, 1.165) is 12.0 Å². The highest BCUT2D eigenvalue weighted by atomic mass is 35.5. The van der Waals surface area contributed by atoms with E-state index in [2.05, 4.69) is 0 Å². The fourth-order valence-corrected chi connectivity index (χ4v) is 2.25. The molecule has 1 aliphatic rings. The van der Waals surface area contributed by atoms with Crippen LogP contribution in [0.3, 0.4) is 0 Å². The van der Waals surface area contributed by atoms with Gasteiger partial charge in [-0.1, -0.05) is 30.7 Å². The molecule has 2 atom stereocenters. The lowest BCUT2D eigenvalue weighted by atomic mass is 10.0. The summed E-state index contributed by atoms with van der Waals surface area (Å²) in [6, 6.07) is 7.58. The summed E-state index contributed by atoms with van der Waals surface area (Å²) < 4.78 is 11.6. The van der Waals surface area contributed by atoms with Crippen LogP contribution in [0.1, 0.15) is 18.9 Å². The van der Waals surface area contributed by atoms with Crippen molar-refractivity contribution >= 4 is 23.2 Å². The molecule has 0 amide bonds. The van der Waals surface area contributed by atoms with E-state index in [-0.39, 0.29) is 6.10 Å². The Kier molecular flexibility index (Phi) is 3.75. The molecule has 1 aromatic rings. The van der Waals surface area contributed by atoms with Crippen molar-refractivity contribution in [2.45, 2.75) is 25.2 Å². The number of halogens is 2. The number of hydrogen-bond acceptors (Lipinski definition) is 2. The minimum Gasteiger partial charge on any atom is -0.343 e. The average molecular weight is 261 g/mol. The maximum Gasteiger partial charge on any atom is 0.195 e. The van der Waals surface area contributed by atoms with Crippen molar-refractivity contribution in [2.24, 2.45) is 0 Å². The fourth-order valence-electron chi connectivity index (χ4n) is 1.91. The van der Waals surface area contributed by atoms with Crippen LogP contribution in [0.15, 0.2) is 24.3 Å². The SMILES string of the molecule is CCC1(c2cccc(Cl)c2)OCC(CCl)O1. The van der Waals surface area contributed by atoms with Gasteiger partial charge >= 0.3 is 0 Å². The molecule has 2 nitrogen and oxygen atoms in total. The molecule has 0 aliphatic carbocycles. The summed E-state index contributed by atoms with van der Waals surface area (Å²) in [4.78, 5) is 0. The Bertz CT molecular complexity index is 370. The van der Waals surface area contributed by atoms with Crippen LogP contribution in [-0.4, -0.2) is 18.6 Å². The third-order valence-corrected chi connectivity index (χ3v) is 3.34. The minimum absolute atomic E-state index is 0.0411. The van der Waals surface area contributed by atoms with E-state index in [9.17, 15) is 0 Å². The normalized spacial score (nSPS) is 29.6. The summed E-state index contributed by atoms with van der Waals surface area (Å²) in [6.45, 7) is 2.56. The summed E-state index contributed by atoms with van der Waals surface area (Å²) in [5, 5.41) is 0.687. The molecule has 0 bridgehead atoms. The Balaban J connectivity index is 2.29. The van der Waals surface area contributed by atoms with E-state index in [4.69, 9.17) is 32.7 Å². The second kappa shape index (κ2) is 4.92. The molecule has 0 saturated carbocycles. The molecule has 4 heteroatoms. The van der Waals surface area contributed by atoms with Crippen LogP contribution in [0.4, 0.5) is 0 Å². The summed E-state index contributed by atoms with van der Waals surface area (Å²) >= 11 is 11.8. The molecular weight excluding hydrogens is 247 g/mol. The molecule has 2 rings (SSSR count). The molecule has 0 N–H and O–H groups in total. The Morgan fingerprint density at radius 1 is 1.50 bits per heavy atom. The van der Waals surface area contributed by atoms with Crippen molar-refractivity contribution in [1.82, 2.24) is 0 Å². The van der Waals surface area contributed by atoms with E-state index < -0.39 is 5.79 Å². The second-order valence-corrected chi connectivity index (χ2v) is 4.57. The molecule has 1 saturated heterocycles. The Labute approximate surface area is 105 Å². The van der Waals surface area contributed by atoms with Gasteiger partial charge < -0.3 is 9.47 Å². The molecule has 1 aliphatic heterocycles. The van der Waals surface area contributed by atoms with Gasteiger partial charge in [-0.2, -0.15) is 0 Å². The van der Waals surface area contributed by atoms with Gasteiger partial charge in [-0.25, -0.2) is 0 Å². The van der Waals surface area contributed by atoms with Gasteiger partial charge in [0.05, 0.1) is 18.6 Å². The average Bonchev–Trinajstić information content (AvgIpc) is 2.74. The standard InChI is InChI=1S/C12H14Cl2O2/c1-2-12(15-8-11(7-13)16-12)9-4-3-5-10(14)6-9/h3-6,11H,2,7-8H2,1H3. The number of ether oxygens (including phenoxy) is 2. The van der Waals surface area contributed by atoms with Gasteiger partial charge in [0, 0.05) is 17.0 Å². The summed E-state index contributed by atoms with van der Waals surface area (Å²) in [5.41, 5.74) is 0.954. The number of alkyl halides is 1. The van der Waals surface area contributed by atoms with E-state index in [1.165, 1.54) is 0 Å². The van der Waals surface area contributed by atoms with Gasteiger partial charge in [-0.3, -0.25) is 0 Å². The van der Waals surface area contributed by atoms with Crippen LogP contribution in [0.5, 0.6) is 0 Å². The zero-order valence-electron chi connectivity index (χ0n) is 9.08. The van der Waals surface area contributed by atoms with E-state index in [1.807, 2.05) is 31.2 Å². The van der Waals surface area contributed by atoms with Crippen LogP contribution in [0.25, 0.3) is 0 Å². The first-order valence-corrected chi connectivity index (χ1v) is 6.25. The Morgan fingerprint density at radius 3 is 2.88 bits per heavy atom. The zero-order valence-corrected chi connectivity index (χ0v) is 10.6. The maximum absolute atomic E-state index is 5.98. The second-order valence-electron chi connectivity index (χ2n) is 3.82. The van der Waals surface area contributed by atoms with Crippen LogP contribution in [-0.2, 0) is 15.3 Å². The summed E-state index contributed by atoms with van der Waals surface area (Å²) in [5.74, 6) is -0.229. The van der Waals surface area contributed by atoms with E-state index >= 15 is 0 Å². The quantitative estimate of drug-likeness (QED) is 0.774. The van der Waals surface area contributed by atoms with Crippen molar-refractivity contribution in [2.75, 3.05) is 12.5 Å². The number of benzene rings is 1. The monoisotopic (exact) mass is 260 g/mol. The molecule has 1 fully saturated rings. The van der Waals surface area contributed by atoms with Crippen molar-refractivity contribution in [1.29, 1.82) is 0 Å². The first kappa shape index (κ1) is 12.2.